The number of anilines is 1. The van der Waals surface area contributed by atoms with Crippen LogP contribution in [0.25, 0.3) is 0 Å². The number of nitrogens with two attached hydrogens (primary N) is 1. The van der Waals surface area contributed by atoms with E-state index in [1.807, 2.05) is 65.6 Å². The van der Waals surface area contributed by atoms with Crippen molar-refractivity contribution in [2.24, 2.45) is 5.73 Å². The quantitative estimate of drug-likeness (QED) is 0.408. The van der Waals surface area contributed by atoms with Crippen LogP contribution in [0.5, 0.6) is 0 Å². The first kappa shape index (κ1) is 27.0. The zero-order valence-electron chi connectivity index (χ0n) is 21.8. The molecule has 4 rings (SSSR count). The molecule has 0 aromatic heterocycles. The second kappa shape index (κ2) is 13.0. The monoisotopic (exact) mass is 513 g/mol. The summed E-state index contributed by atoms with van der Waals surface area (Å²) in [5.74, 6) is -0.270. The summed E-state index contributed by atoms with van der Waals surface area (Å²) in [6, 6.07) is 22.8. The first-order chi connectivity index (χ1) is 18.4. The fraction of sp³-hybridized carbons (Fsp3) is 0.300. The number of hydrogen-bond donors (Lipinski definition) is 3. The van der Waals surface area contributed by atoms with Gasteiger partial charge in [0.1, 0.15) is 0 Å². The van der Waals surface area contributed by atoms with Crippen LogP contribution in [-0.4, -0.2) is 53.7 Å². The topological polar surface area (TPSA) is 108 Å². The molecule has 1 aliphatic heterocycles. The van der Waals surface area contributed by atoms with Gasteiger partial charge in [0, 0.05) is 64.0 Å². The van der Waals surface area contributed by atoms with E-state index in [-0.39, 0.29) is 24.1 Å². The molecule has 0 atom stereocenters. The van der Waals surface area contributed by atoms with Crippen molar-refractivity contribution in [3.05, 3.63) is 101 Å². The van der Waals surface area contributed by atoms with Gasteiger partial charge in [0.05, 0.1) is 6.42 Å². The minimum Gasteiger partial charge on any atom is -0.348 e. The summed E-state index contributed by atoms with van der Waals surface area (Å²) >= 11 is 0. The number of rotatable bonds is 9. The van der Waals surface area contributed by atoms with Gasteiger partial charge in [-0.25, -0.2) is 0 Å². The van der Waals surface area contributed by atoms with Crippen LogP contribution < -0.4 is 16.4 Å². The Hall–Kier alpha value is -4.01. The van der Waals surface area contributed by atoms with Crippen LogP contribution >= 0.6 is 0 Å². The van der Waals surface area contributed by atoms with Crippen molar-refractivity contribution in [1.29, 1.82) is 0 Å². The molecule has 0 aliphatic carbocycles. The molecule has 0 spiro atoms. The highest BCUT2D eigenvalue weighted by Crippen LogP contribution is 2.22. The van der Waals surface area contributed by atoms with E-state index in [0.717, 1.165) is 35.3 Å². The molecule has 198 valence electrons. The Morgan fingerprint density at radius 2 is 1.53 bits per heavy atom. The highest BCUT2D eigenvalue weighted by molar-refractivity contribution is 5.98. The van der Waals surface area contributed by atoms with Crippen LogP contribution in [0.3, 0.4) is 0 Å². The number of hydrogen-bond acceptors (Lipinski definition) is 5. The van der Waals surface area contributed by atoms with Gasteiger partial charge >= 0.3 is 0 Å². The van der Waals surface area contributed by atoms with Crippen molar-refractivity contribution in [2.45, 2.75) is 33.0 Å². The van der Waals surface area contributed by atoms with Gasteiger partial charge in [-0.15, -0.1) is 0 Å². The first-order valence-corrected chi connectivity index (χ1v) is 12.9. The molecule has 1 aliphatic rings. The number of benzene rings is 3. The zero-order valence-corrected chi connectivity index (χ0v) is 21.8. The van der Waals surface area contributed by atoms with E-state index in [4.69, 9.17) is 5.73 Å². The Morgan fingerprint density at radius 3 is 2.18 bits per heavy atom. The van der Waals surface area contributed by atoms with Gasteiger partial charge < -0.3 is 21.3 Å². The van der Waals surface area contributed by atoms with Crippen molar-refractivity contribution >= 4 is 23.4 Å². The number of amides is 3. The zero-order chi connectivity index (χ0) is 26.9. The van der Waals surface area contributed by atoms with Gasteiger partial charge in [0.2, 0.25) is 11.8 Å². The number of nitrogens with one attached hydrogen (secondary N) is 2. The van der Waals surface area contributed by atoms with E-state index in [9.17, 15) is 14.4 Å². The third kappa shape index (κ3) is 7.50. The van der Waals surface area contributed by atoms with Crippen LogP contribution in [-0.2, 0) is 35.6 Å². The van der Waals surface area contributed by atoms with Crippen molar-refractivity contribution in [1.82, 2.24) is 15.1 Å². The Morgan fingerprint density at radius 1 is 0.842 bits per heavy atom. The summed E-state index contributed by atoms with van der Waals surface area (Å²) in [6.07, 6.45) is 0.243. The molecule has 0 saturated carbocycles. The van der Waals surface area contributed by atoms with Crippen LogP contribution in [0.2, 0.25) is 0 Å². The van der Waals surface area contributed by atoms with E-state index in [2.05, 4.69) is 15.5 Å². The maximum absolute atomic E-state index is 13.0. The van der Waals surface area contributed by atoms with Crippen LogP contribution in [0.1, 0.15) is 39.5 Å². The Balaban J connectivity index is 1.47. The van der Waals surface area contributed by atoms with Gasteiger partial charge in [0.15, 0.2) is 0 Å². The molecule has 1 heterocycles. The fourth-order valence-corrected chi connectivity index (χ4v) is 4.49. The standard InChI is InChI=1S/C30H35N5O3/c1-22(36)35-15-13-34(14-16-35)21-27-12-11-26(30(38)32-20-25-9-7-24(19-31)8-10-25)18-28(27)33-29(37)17-23-5-3-2-4-6-23/h2-12,18H,13-17,19-21,31H2,1H3,(H,32,38)(H,33,37). The molecule has 4 N–H and O–H groups in total. The average molecular weight is 514 g/mol. The van der Waals surface area contributed by atoms with E-state index in [0.29, 0.717) is 44.0 Å². The summed E-state index contributed by atoms with van der Waals surface area (Å²) in [5.41, 5.74) is 10.6. The molecule has 3 aromatic rings. The maximum atomic E-state index is 13.0. The number of carbonyl (C=O) groups is 3. The lowest BCUT2D eigenvalue weighted by molar-refractivity contribution is -0.130. The fourth-order valence-electron chi connectivity index (χ4n) is 4.49. The Labute approximate surface area is 223 Å². The van der Waals surface area contributed by atoms with E-state index < -0.39 is 0 Å². The normalized spacial score (nSPS) is 13.7. The van der Waals surface area contributed by atoms with Crippen LogP contribution in [0.15, 0.2) is 72.8 Å². The molecule has 8 nitrogen and oxygen atoms in total. The molecule has 1 fully saturated rings. The molecule has 3 aromatic carbocycles. The highest BCUT2D eigenvalue weighted by Gasteiger charge is 2.20. The van der Waals surface area contributed by atoms with E-state index >= 15 is 0 Å². The summed E-state index contributed by atoms with van der Waals surface area (Å²) in [5, 5.41) is 5.99. The molecular formula is C30H35N5O3. The van der Waals surface area contributed by atoms with Crippen molar-refractivity contribution in [3.8, 4) is 0 Å². The molecular weight excluding hydrogens is 478 g/mol. The molecule has 0 radical (unpaired) electrons. The van der Waals surface area contributed by atoms with Crippen molar-refractivity contribution in [2.75, 3.05) is 31.5 Å². The van der Waals surface area contributed by atoms with Gasteiger partial charge in [-0.05, 0) is 34.4 Å². The van der Waals surface area contributed by atoms with Crippen LogP contribution in [0, 0.1) is 0 Å². The number of carbonyl (C=O) groups excluding carboxylic acids is 3. The van der Waals surface area contributed by atoms with Gasteiger partial charge in [0.25, 0.3) is 5.91 Å². The molecule has 3 amide bonds. The summed E-state index contributed by atoms with van der Waals surface area (Å²) in [6.45, 7) is 5.93. The predicted molar refractivity (Wildman–Crippen MR) is 148 cm³/mol. The minimum atomic E-state index is -0.215. The second-order valence-electron chi connectivity index (χ2n) is 9.57. The maximum Gasteiger partial charge on any atom is 0.251 e. The highest BCUT2D eigenvalue weighted by atomic mass is 16.2. The summed E-state index contributed by atoms with van der Waals surface area (Å²) in [7, 11) is 0. The number of nitrogens with zero attached hydrogens (tertiary/aromatic N) is 2. The second-order valence-corrected chi connectivity index (χ2v) is 9.57. The molecule has 0 unspecified atom stereocenters. The lowest BCUT2D eigenvalue weighted by Gasteiger charge is -2.34. The third-order valence-electron chi connectivity index (χ3n) is 6.78. The van der Waals surface area contributed by atoms with Crippen molar-refractivity contribution in [3.63, 3.8) is 0 Å². The average Bonchev–Trinajstić information content (AvgIpc) is 2.93. The number of piperazine rings is 1. The van der Waals surface area contributed by atoms with Crippen molar-refractivity contribution < 1.29 is 14.4 Å². The lowest BCUT2D eigenvalue weighted by Crippen LogP contribution is -2.47. The molecule has 1 saturated heterocycles. The minimum absolute atomic E-state index is 0.0872. The summed E-state index contributed by atoms with van der Waals surface area (Å²) < 4.78 is 0. The van der Waals surface area contributed by atoms with E-state index in [1.54, 1.807) is 19.1 Å². The summed E-state index contributed by atoms with van der Waals surface area (Å²) in [4.78, 5) is 41.7. The third-order valence-corrected chi connectivity index (χ3v) is 6.78. The Kier molecular flexibility index (Phi) is 9.24. The van der Waals surface area contributed by atoms with Crippen LogP contribution in [0.4, 0.5) is 5.69 Å². The molecule has 38 heavy (non-hydrogen) atoms. The smallest absolute Gasteiger partial charge is 0.251 e. The SMILES string of the molecule is CC(=O)N1CCN(Cc2ccc(C(=O)NCc3ccc(CN)cc3)cc2NC(=O)Cc2ccccc2)CC1. The molecule has 8 heteroatoms. The first-order valence-electron chi connectivity index (χ1n) is 12.9. The van der Waals surface area contributed by atoms with E-state index in [1.165, 1.54) is 0 Å². The lowest BCUT2D eigenvalue weighted by atomic mass is 10.1. The Bertz CT molecular complexity index is 1250. The predicted octanol–water partition coefficient (Wildman–Crippen LogP) is 2.92. The largest absolute Gasteiger partial charge is 0.348 e. The van der Waals surface area contributed by atoms with Gasteiger partial charge in [-0.1, -0.05) is 60.7 Å². The van der Waals surface area contributed by atoms with Gasteiger partial charge in [-0.2, -0.15) is 0 Å². The van der Waals surface area contributed by atoms with Gasteiger partial charge in [-0.3, -0.25) is 19.3 Å². The molecule has 0 bridgehead atoms.